The monoisotopic (exact) mass is 364 g/mol. The molecule has 0 atom stereocenters. The van der Waals surface area contributed by atoms with Crippen LogP contribution >= 0.6 is 23.1 Å². The molecule has 7 heteroatoms. The third-order valence-electron chi connectivity index (χ3n) is 3.57. The summed E-state index contributed by atoms with van der Waals surface area (Å²) in [5.74, 6) is 1.13. The second kappa shape index (κ2) is 10.3. The third-order valence-corrected chi connectivity index (χ3v) is 5.67. The molecule has 1 heterocycles. The predicted molar refractivity (Wildman–Crippen MR) is 102 cm³/mol. The summed E-state index contributed by atoms with van der Waals surface area (Å²) in [6.45, 7) is 6.35. The first kappa shape index (κ1) is 18.7. The molecule has 130 valence electrons. The summed E-state index contributed by atoms with van der Waals surface area (Å²) in [5, 5.41) is 12.5. The van der Waals surface area contributed by atoms with Crippen LogP contribution in [0.1, 0.15) is 32.3 Å². The van der Waals surface area contributed by atoms with E-state index in [1.54, 1.807) is 23.1 Å². The lowest BCUT2D eigenvalue weighted by atomic mass is 10.2. The molecule has 0 saturated heterocycles. The molecule has 0 spiro atoms. The predicted octanol–water partition coefficient (Wildman–Crippen LogP) is 3.89. The number of hydrogen-bond acceptors (Lipinski definition) is 6. The third kappa shape index (κ3) is 6.13. The molecular formula is C17H24N4OS2. The fourth-order valence-corrected chi connectivity index (χ4v) is 3.99. The van der Waals surface area contributed by atoms with Crippen molar-refractivity contribution in [3.05, 3.63) is 35.9 Å². The Morgan fingerprint density at radius 1 is 1.21 bits per heavy atom. The van der Waals surface area contributed by atoms with Crippen molar-refractivity contribution in [2.24, 2.45) is 0 Å². The Morgan fingerprint density at radius 3 is 2.67 bits per heavy atom. The highest BCUT2D eigenvalue weighted by Gasteiger charge is 2.09. The maximum Gasteiger partial charge on any atom is 0.222 e. The minimum absolute atomic E-state index is 0.239. The second-order valence-electron chi connectivity index (χ2n) is 5.23. The van der Waals surface area contributed by atoms with Gasteiger partial charge in [-0.15, -0.1) is 10.2 Å². The molecule has 0 radical (unpaired) electrons. The first-order valence-electron chi connectivity index (χ1n) is 8.24. The minimum Gasteiger partial charge on any atom is -0.356 e. The van der Waals surface area contributed by atoms with Crippen molar-refractivity contribution >= 4 is 34.1 Å². The van der Waals surface area contributed by atoms with Gasteiger partial charge in [-0.3, -0.25) is 4.79 Å². The van der Waals surface area contributed by atoms with Crippen LogP contribution in [0.25, 0.3) is 0 Å². The maximum atomic E-state index is 11.9. The van der Waals surface area contributed by atoms with Gasteiger partial charge in [0.15, 0.2) is 4.34 Å². The van der Waals surface area contributed by atoms with E-state index in [2.05, 4.69) is 27.6 Å². The van der Waals surface area contributed by atoms with Gasteiger partial charge >= 0.3 is 0 Å². The number of carbonyl (C=O) groups is 1. The van der Waals surface area contributed by atoms with Gasteiger partial charge in [0.1, 0.15) is 0 Å². The van der Waals surface area contributed by atoms with Crippen LogP contribution in [-0.2, 0) is 11.3 Å². The fraction of sp³-hybridized carbons (Fsp3) is 0.471. The number of carbonyl (C=O) groups excluding carboxylic acids is 1. The van der Waals surface area contributed by atoms with Crippen LogP contribution in [0, 0.1) is 0 Å². The standard InChI is InChI=1S/C17H24N4OS2/c1-3-21(4-2)15(22)11-8-12-23-17-20-19-16(24-17)18-13-14-9-6-5-7-10-14/h5-7,9-10H,3-4,8,11-13H2,1-2H3,(H,18,19). The minimum atomic E-state index is 0.239. The lowest BCUT2D eigenvalue weighted by Gasteiger charge is -2.18. The molecule has 0 unspecified atom stereocenters. The summed E-state index contributed by atoms with van der Waals surface area (Å²) in [6, 6.07) is 10.2. The van der Waals surface area contributed by atoms with E-state index in [9.17, 15) is 4.79 Å². The number of anilines is 1. The van der Waals surface area contributed by atoms with Gasteiger partial charge in [-0.25, -0.2) is 0 Å². The van der Waals surface area contributed by atoms with E-state index >= 15 is 0 Å². The van der Waals surface area contributed by atoms with Crippen molar-refractivity contribution in [3.63, 3.8) is 0 Å². The molecule has 24 heavy (non-hydrogen) atoms. The molecule has 0 aliphatic rings. The van der Waals surface area contributed by atoms with Crippen molar-refractivity contribution in [2.75, 3.05) is 24.2 Å². The van der Waals surface area contributed by atoms with Crippen LogP contribution in [0.5, 0.6) is 0 Å². The molecule has 1 aromatic heterocycles. The highest BCUT2D eigenvalue weighted by Crippen LogP contribution is 2.26. The van der Waals surface area contributed by atoms with Crippen LogP contribution in [0.2, 0.25) is 0 Å². The number of rotatable bonds is 10. The Bertz CT molecular complexity index is 614. The van der Waals surface area contributed by atoms with E-state index in [1.807, 2.05) is 36.9 Å². The molecular weight excluding hydrogens is 340 g/mol. The SMILES string of the molecule is CCN(CC)C(=O)CCCSc1nnc(NCc2ccccc2)s1. The van der Waals surface area contributed by atoms with E-state index in [1.165, 1.54) is 5.56 Å². The van der Waals surface area contributed by atoms with Gasteiger partial charge in [0.25, 0.3) is 0 Å². The van der Waals surface area contributed by atoms with Gasteiger partial charge in [0, 0.05) is 31.8 Å². The van der Waals surface area contributed by atoms with Gasteiger partial charge < -0.3 is 10.2 Å². The van der Waals surface area contributed by atoms with Crippen molar-refractivity contribution in [3.8, 4) is 0 Å². The maximum absolute atomic E-state index is 11.9. The van der Waals surface area contributed by atoms with Gasteiger partial charge in [0.2, 0.25) is 11.0 Å². The highest BCUT2D eigenvalue weighted by atomic mass is 32.2. The number of hydrogen-bond donors (Lipinski definition) is 1. The average molecular weight is 365 g/mol. The summed E-state index contributed by atoms with van der Waals surface area (Å²) >= 11 is 3.23. The molecule has 2 aromatic rings. The van der Waals surface area contributed by atoms with Gasteiger partial charge in [-0.05, 0) is 25.8 Å². The summed E-state index contributed by atoms with van der Waals surface area (Å²) in [5.41, 5.74) is 1.22. The lowest BCUT2D eigenvalue weighted by molar-refractivity contribution is -0.130. The van der Waals surface area contributed by atoms with Crippen LogP contribution < -0.4 is 5.32 Å². The van der Waals surface area contributed by atoms with E-state index < -0.39 is 0 Å². The van der Waals surface area contributed by atoms with Crippen LogP contribution in [0.4, 0.5) is 5.13 Å². The number of nitrogens with zero attached hydrogens (tertiary/aromatic N) is 3. The topological polar surface area (TPSA) is 58.1 Å². The fourth-order valence-electron chi connectivity index (χ4n) is 2.23. The number of thioether (sulfide) groups is 1. The molecule has 5 nitrogen and oxygen atoms in total. The molecule has 2 rings (SSSR count). The molecule has 0 saturated carbocycles. The van der Waals surface area contributed by atoms with Crippen LogP contribution in [0.3, 0.4) is 0 Å². The Hall–Kier alpha value is -1.60. The first-order valence-corrected chi connectivity index (χ1v) is 10.0. The van der Waals surface area contributed by atoms with E-state index in [-0.39, 0.29) is 5.91 Å². The van der Waals surface area contributed by atoms with E-state index in [4.69, 9.17) is 0 Å². The zero-order valence-corrected chi connectivity index (χ0v) is 15.8. The number of benzene rings is 1. The van der Waals surface area contributed by atoms with E-state index in [0.29, 0.717) is 6.42 Å². The first-order chi connectivity index (χ1) is 11.7. The van der Waals surface area contributed by atoms with Crippen molar-refractivity contribution < 1.29 is 4.79 Å². The molecule has 0 fully saturated rings. The number of nitrogens with one attached hydrogen (secondary N) is 1. The molecule has 1 aromatic carbocycles. The average Bonchev–Trinajstić information content (AvgIpc) is 3.07. The quantitative estimate of drug-likeness (QED) is 0.512. The van der Waals surface area contributed by atoms with Crippen LogP contribution in [0.15, 0.2) is 34.7 Å². The molecule has 1 amide bonds. The summed E-state index contributed by atoms with van der Waals surface area (Å²) < 4.78 is 0.945. The lowest BCUT2D eigenvalue weighted by Crippen LogP contribution is -2.30. The Balaban J connectivity index is 1.67. The molecule has 0 aliphatic carbocycles. The molecule has 0 bridgehead atoms. The van der Waals surface area contributed by atoms with Crippen LogP contribution in [-0.4, -0.2) is 39.8 Å². The second-order valence-corrected chi connectivity index (χ2v) is 7.55. The highest BCUT2D eigenvalue weighted by molar-refractivity contribution is 8.01. The number of amides is 1. The zero-order valence-electron chi connectivity index (χ0n) is 14.2. The Kier molecular flexibility index (Phi) is 8.04. The van der Waals surface area contributed by atoms with Gasteiger partial charge in [0.05, 0.1) is 0 Å². The zero-order chi connectivity index (χ0) is 17.2. The molecule has 1 N–H and O–H groups in total. The van der Waals surface area contributed by atoms with Crippen molar-refractivity contribution in [1.82, 2.24) is 15.1 Å². The molecule has 0 aliphatic heterocycles. The normalized spacial score (nSPS) is 10.6. The summed E-state index contributed by atoms with van der Waals surface area (Å²) in [7, 11) is 0. The Labute approximate surface area is 151 Å². The van der Waals surface area contributed by atoms with E-state index in [0.717, 1.165) is 41.3 Å². The van der Waals surface area contributed by atoms with Crippen molar-refractivity contribution in [2.45, 2.75) is 37.6 Å². The number of aromatic nitrogens is 2. The smallest absolute Gasteiger partial charge is 0.222 e. The van der Waals surface area contributed by atoms with Gasteiger partial charge in [-0.2, -0.15) is 0 Å². The summed E-state index contributed by atoms with van der Waals surface area (Å²) in [4.78, 5) is 13.8. The summed E-state index contributed by atoms with van der Waals surface area (Å²) in [6.07, 6.45) is 1.47. The van der Waals surface area contributed by atoms with Gasteiger partial charge in [-0.1, -0.05) is 53.4 Å². The largest absolute Gasteiger partial charge is 0.356 e. The Morgan fingerprint density at radius 2 is 1.96 bits per heavy atom. The van der Waals surface area contributed by atoms with Crippen molar-refractivity contribution in [1.29, 1.82) is 0 Å².